The average molecular weight is 264 g/mol. The Balaban J connectivity index is 2.03. The summed E-state index contributed by atoms with van der Waals surface area (Å²) < 4.78 is 5.22. The zero-order chi connectivity index (χ0) is 13.9. The number of morpholine rings is 1. The summed E-state index contributed by atoms with van der Waals surface area (Å²) in [5.41, 5.74) is 0.414. The van der Waals surface area contributed by atoms with Gasteiger partial charge in [0.1, 0.15) is 0 Å². The van der Waals surface area contributed by atoms with Gasteiger partial charge in [-0.1, -0.05) is 0 Å². The lowest BCUT2D eigenvalue weighted by Crippen LogP contribution is -2.40. The molecular weight excluding hydrogens is 244 g/mol. The molecule has 1 N–H and O–H groups in total. The van der Waals surface area contributed by atoms with Gasteiger partial charge in [-0.3, -0.25) is 4.79 Å². The molecular formula is C13H20N4O2. The van der Waals surface area contributed by atoms with Crippen LogP contribution in [0.1, 0.15) is 31.1 Å². The predicted molar refractivity (Wildman–Crippen MR) is 72.1 cm³/mol. The maximum atomic E-state index is 12.2. The third-order valence-electron chi connectivity index (χ3n) is 2.68. The Bertz CT molecular complexity index is 433. The number of amides is 1. The van der Waals surface area contributed by atoms with Crippen molar-refractivity contribution in [2.75, 3.05) is 31.6 Å². The first-order valence-corrected chi connectivity index (χ1v) is 6.43. The number of rotatable bonds is 2. The van der Waals surface area contributed by atoms with Gasteiger partial charge in [-0.05, 0) is 20.8 Å². The zero-order valence-corrected chi connectivity index (χ0v) is 11.6. The van der Waals surface area contributed by atoms with E-state index in [1.165, 1.54) is 0 Å². The van der Waals surface area contributed by atoms with Crippen molar-refractivity contribution >= 4 is 11.9 Å². The zero-order valence-electron chi connectivity index (χ0n) is 11.6. The van der Waals surface area contributed by atoms with Gasteiger partial charge in [0.15, 0.2) is 0 Å². The average Bonchev–Trinajstić information content (AvgIpc) is 2.38. The minimum atomic E-state index is -0.101. The molecule has 19 heavy (non-hydrogen) atoms. The van der Waals surface area contributed by atoms with Crippen molar-refractivity contribution in [3.8, 4) is 0 Å². The minimum absolute atomic E-state index is 0.0365. The third-order valence-corrected chi connectivity index (χ3v) is 2.68. The number of hydrogen-bond donors (Lipinski definition) is 1. The van der Waals surface area contributed by atoms with Crippen LogP contribution in [0, 0.1) is 0 Å². The van der Waals surface area contributed by atoms with Gasteiger partial charge in [-0.25, -0.2) is 9.97 Å². The standard InChI is InChI=1S/C13H20N4O2/c1-13(2,3)16-12-14-8-10(9-15-12)11(18)17-4-6-19-7-5-17/h8-9H,4-7H2,1-3H3,(H,14,15,16). The summed E-state index contributed by atoms with van der Waals surface area (Å²) in [5.74, 6) is 0.497. The van der Waals surface area contributed by atoms with Crippen LogP contribution >= 0.6 is 0 Å². The lowest BCUT2D eigenvalue weighted by molar-refractivity contribution is 0.0302. The van der Waals surface area contributed by atoms with Crippen LogP contribution in [0.4, 0.5) is 5.95 Å². The molecule has 0 aliphatic carbocycles. The van der Waals surface area contributed by atoms with Gasteiger partial charge >= 0.3 is 0 Å². The van der Waals surface area contributed by atoms with Gasteiger partial charge in [0.05, 0.1) is 18.8 Å². The molecule has 2 rings (SSSR count). The van der Waals surface area contributed by atoms with Crippen LogP contribution in [0.15, 0.2) is 12.4 Å². The first kappa shape index (κ1) is 13.7. The molecule has 6 heteroatoms. The molecule has 0 atom stereocenters. The summed E-state index contributed by atoms with van der Waals surface area (Å²) in [6.45, 7) is 8.53. The molecule has 6 nitrogen and oxygen atoms in total. The summed E-state index contributed by atoms with van der Waals surface area (Å²) in [4.78, 5) is 22.3. The minimum Gasteiger partial charge on any atom is -0.378 e. The first-order chi connectivity index (χ1) is 8.96. The van der Waals surface area contributed by atoms with Crippen LogP contribution in [0.3, 0.4) is 0 Å². The number of carbonyl (C=O) groups excluding carboxylic acids is 1. The maximum absolute atomic E-state index is 12.2. The largest absolute Gasteiger partial charge is 0.378 e. The highest BCUT2D eigenvalue weighted by Gasteiger charge is 2.19. The smallest absolute Gasteiger partial charge is 0.257 e. The molecule has 1 aliphatic rings. The van der Waals surface area contributed by atoms with Crippen LogP contribution in [0.5, 0.6) is 0 Å². The van der Waals surface area contributed by atoms with Gasteiger partial charge in [0, 0.05) is 31.0 Å². The van der Waals surface area contributed by atoms with E-state index in [2.05, 4.69) is 15.3 Å². The SMILES string of the molecule is CC(C)(C)Nc1ncc(C(=O)N2CCOCC2)cn1. The molecule has 0 spiro atoms. The van der Waals surface area contributed by atoms with Crippen molar-refractivity contribution < 1.29 is 9.53 Å². The van der Waals surface area contributed by atoms with E-state index in [1.807, 2.05) is 20.8 Å². The Hall–Kier alpha value is -1.69. The number of aromatic nitrogens is 2. The number of ether oxygens (including phenoxy) is 1. The fraction of sp³-hybridized carbons (Fsp3) is 0.615. The Morgan fingerprint density at radius 3 is 2.37 bits per heavy atom. The Labute approximate surface area is 113 Å². The highest BCUT2D eigenvalue weighted by atomic mass is 16.5. The molecule has 1 aliphatic heterocycles. The van der Waals surface area contributed by atoms with E-state index in [1.54, 1.807) is 17.3 Å². The van der Waals surface area contributed by atoms with E-state index >= 15 is 0 Å². The molecule has 2 heterocycles. The molecule has 0 aromatic carbocycles. The van der Waals surface area contributed by atoms with E-state index in [9.17, 15) is 4.79 Å². The molecule has 1 amide bonds. The molecule has 0 unspecified atom stereocenters. The summed E-state index contributed by atoms with van der Waals surface area (Å²) in [7, 11) is 0. The first-order valence-electron chi connectivity index (χ1n) is 6.43. The monoisotopic (exact) mass is 264 g/mol. The van der Waals surface area contributed by atoms with Crippen LogP contribution < -0.4 is 5.32 Å². The van der Waals surface area contributed by atoms with Crippen molar-refractivity contribution in [3.63, 3.8) is 0 Å². The van der Waals surface area contributed by atoms with E-state index in [4.69, 9.17) is 4.74 Å². The number of anilines is 1. The summed E-state index contributed by atoms with van der Waals surface area (Å²) in [6, 6.07) is 0. The van der Waals surface area contributed by atoms with Crippen LogP contribution in [0.2, 0.25) is 0 Å². The van der Waals surface area contributed by atoms with Gasteiger partial charge < -0.3 is 15.0 Å². The number of nitrogens with zero attached hydrogens (tertiary/aromatic N) is 3. The number of hydrogen-bond acceptors (Lipinski definition) is 5. The van der Waals surface area contributed by atoms with E-state index in [0.717, 1.165) is 0 Å². The van der Waals surface area contributed by atoms with Crippen molar-refractivity contribution in [1.82, 2.24) is 14.9 Å². The van der Waals surface area contributed by atoms with Crippen molar-refractivity contribution in [2.45, 2.75) is 26.3 Å². The molecule has 0 saturated carbocycles. The second kappa shape index (κ2) is 5.52. The molecule has 1 aromatic rings. The van der Waals surface area contributed by atoms with Gasteiger partial charge in [-0.15, -0.1) is 0 Å². The van der Waals surface area contributed by atoms with E-state index < -0.39 is 0 Å². The second-order valence-corrected chi connectivity index (χ2v) is 5.57. The van der Waals surface area contributed by atoms with Gasteiger partial charge in [0.2, 0.25) is 5.95 Å². The molecule has 1 saturated heterocycles. The quantitative estimate of drug-likeness (QED) is 0.868. The third kappa shape index (κ3) is 3.89. The normalized spacial score (nSPS) is 16.3. The fourth-order valence-corrected chi connectivity index (χ4v) is 1.79. The summed E-state index contributed by atoms with van der Waals surface area (Å²) in [5, 5.41) is 3.16. The second-order valence-electron chi connectivity index (χ2n) is 5.57. The highest BCUT2D eigenvalue weighted by molar-refractivity contribution is 5.93. The molecule has 1 fully saturated rings. The van der Waals surface area contributed by atoms with Crippen molar-refractivity contribution in [2.24, 2.45) is 0 Å². The Morgan fingerprint density at radius 1 is 1.26 bits per heavy atom. The van der Waals surface area contributed by atoms with Crippen LogP contribution in [-0.2, 0) is 4.74 Å². The Kier molecular flexibility index (Phi) is 3.99. The van der Waals surface area contributed by atoms with Gasteiger partial charge in [-0.2, -0.15) is 0 Å². The van der Waals surface area contributed by atoms with Gasteiger partial charge in [0.25, 0.3) is 5.91 Å². The van der Waals surface area contributed by atoms with Crippen molar-refractivity contribution in [1.29, 1.82) is 0 Å². The van der Waals surface area contributed by atoms with Crippen LogP contribution in [0.25, 0.3) is 0 Å². The molecule has 0 radical (unpaired) electrons. The lowest BCUT2D eigenvalue weighted by Gasteiger charge is -2.26. The van der Waals surface area contributed by atoms with Crippen LogP contribution in [-0.4, -0.2) is 52.6 Å². The van der Waals surface area contributed by atoms with E-state index in [-0.39, 0.29) is 11.4 Å². The fourth-order valence-electron chi connectivity index (χ4n) is 1.79. The van der Waals surface area contributed by atoms with E-state index in [0.29, 0.717) is 37.8 Å². The maximum Gasteiger partial charge on any atom is 0.257 e. The number of carbonyl (C=O) groups is 1. The molecule has 1 aromatic heterocycles. The molecule has 104 valence electrons. The predicted octanol–water partition coefficient (Wildman–Crippen LogP) is 1.16. The topological polar surface area (TPSA) is 67.4 Å². The molecule has 0 bridgehead atoms. The number of nitrogens with one attached hydrogen (secondary N) is 1. The van der Waals surface area contributed by atoms with Crippen molar-refractivity contribution in [3.05, 3.63) is 18.0 Å². The highest BCUT2D eigenvalue weighted by Crippen LogP contribution is 2.11. The Morgan fingerprint density at radius 2 is 1.84 bits per heavy atom. The summed E-state index contributed by atoms with van der Waals surface area (Å²) >= 11 is 0. The lowest BCUT2D eigenvalue weighted by atomic mass is 10.1. The summed E-state index contributed by atoms with van der Waals surface area (Å²) in [6.07, 6.45) is 3.14.